The number of aliphatic carboxylic acids is 1. The van der Waals surface area contributed by atoms with Crippen LogP contribution in [0.1, 0.15) is 31.2 Å². The molecule has 1 aliphatic carbocycles. The molecule has 0 spiro atoms. The Morgan fingerprint density at radius 1 is 1.39 bits per heavy atom. The van der Waals surface area contributed by atoms with E-state index in [1.807, 2.05) is 0 Å². The van der Waals surface area contributed by atoms with Crippen LogP contribution in [0, 0.1) is 0 Å². The number of halogens is 1. The molecule has 98 valence electrons. The first-order valence-corrected chi connectivity index (χ1v) is 6.61. The van der Waals surface area contributed by atoms with Gasteiger partial charge in [-0.1, -0.05) is 12.8 Å². The number of hydrogen-bond acceptors (Lipinski definition) is 3. The fraction of sp³-hybridized carbons (Fsp3) is 0.462. The lowest BCUT2D eigenvalue weighted by molar-refractivity contribution is -0.143. The molecule has 0 saturated heterocycles. The van der Waals surface area contributed by atoms with Crippen LogP contribution in [-0.4, -0.2) is 23.3 Å². The predicted octanol–water partition coefficient (Wildman–Crippen LogP) is 3.06. The number of aromatic hydroxyl groups is 1. The first-order chi connectivity index (χ1) is 8.51. The molecule has 1 aromatic rings. The number of phenols is 1. The van der Waals surface area contributed by atoms with E-state index in [-0.39, 0.29) is 5.75 Å². The Morgan fingerprint density at radius 2 is 2.00 bits per heavy atom. The second-order valence-corrected chi connectivity index (χ2v) is 5.45. The highest BCUT2D eigenvalue weighted by Crippen LogP contribution is 2.47. The first kappa shape index (κ1) is 13.2. The third-order valence-electron chi connectivity index (χ3n) is 3.65. The highest BCUT2D eigenvalue weighted by atomic mass is 79.9. The van der Waals surface area contributed by atoms with Crippen LogP contribution in [-0.2, 0) is 10.2 Å². The van der Waals surface area contributed by atoms with Gasteiger partial charge < -0.3 is 14.9 Å². The molecule has 0 aliphatic heterocycles. The van der Waals surface area contributed by atoms with Crippen LogP contribution in [0.3, 0.4) is 0 Å². The number of phenolic OH excluding ortho intramolecular Hbond substituents is 1. The molecule has 1 aromatic carbocycles. The summed E-state index contributed by atoms with van der Waals surface area (Å²) in [6.07, 6.45) is 2.84. The number of ether oxygens (including phenoxy) is 1. The van der Waals surface area contributed by atoms with Crippen molar-refractivity contribution in [3.63, 3.8) is 0 Å². The van der Waals surface area contributed by atoms with E-state index in [4.69, 9.17) is 4.74 Å². The maximum atomic E-state index is 11.6. The molecular formula is C13H15BrO4. The van der Waals surface area contributed by atoms with E-state index in [0.29, 0.717) is 28.6 Å². The Morgan fingerprint density at radius 3 is 2.50 bits per heavy atom. The van der Waals surface area contributed by atoms with Crippen LogP contribution in [0.25, 0.3) is 0 Å². The van der Waals surface area contributed by atoms with Crippen molar-refractivity contribution in [1.29, 1.82) is 0 Å². The van der Waals surface area contributed by atoms with Gasteiger partial charge in [-0.15, -0.1) is 0 Å². The highest BCUT2D eigenvalue weighted by molar-refractivity contribution is 9.10. The molecule has 4 nitrogen and oxygen atoms in total. The maximum absolute atomic E-state index is 11.6. The summed E-state index contributed by atoms with van der Waals surface area (Å²) in [7, 11) is 1.52. The Hall–Kier alpha value is -1.23. The molecule has 1 aliphatic rings. The van der Waals surface area contributed by atoms with Crippen molar-refractivity contribution in [1.82, 2.24) is 0 Å². The minimum absolute atomic E-state index is 0.00646. The van der Waals surface area contributed by atoms with E-state index in [1.54, 1.807) is 6.07 Å². The summed E-state index contributed by atoms with van der Waals surface area (Å²) in [5.41, 5.74) is -0.523. The number of hydrogen-bond donors (Lipinski definition) is 2. The fourth-order valence-electron chi connectivity index (χ4n) is 2.66. The third-order valence-corrected chi connectivity index (χ3v) is 4.27. The molecule has 0 heterocycles. The lowest BCUT2D eigenvalue weighted by atomic mass is 9.78. The molecule has 0 unspecified atom stereocenters. The summed E-state index contributed by atoms with van der Waals surface area (Å²) < 4.78 is 5.79. The molecule has 1 fully saturated rings. The second-order valence-electron chi connectivity index (χ2n) is 4.60. The average molecular weight is 315 g/mol. The first-order valence-electron chi connectivity index (χ1n) is 5.81. The molecule has 0 atom stereocenters. The summed E-state index contributed by atoms with van der Waals surface area (Å²) >= 11 is 3.27. The molecule has 0 bridgehead atoms. The van der Waals surface area contributed by atoms with Crippen molar-refractivity contribution in [3.05, 3.63) is 22.2 Å². The SMILES string of the molecule is COc1cc(C2(C(=O)O)CCCC2)c(O)cc1Br. The largest absolute Gasteiger partial charge is 0.508 e. The van der Waals surface area contributed by atoms with Crippen LogP contribution in [0.2, 0.25) is 0 Å². The topological polar surface area (TPSA) is 66.8 Å². The lowest BCUT2D eigenvalue weighted by Gasteiger charge is -2.26. The van der Waals surface area contributed by atoms with Gasteiger partial charge in [-0.2, -0.15) is 0 Å². The van der Waals surface area contributed by atoms with Gasteiger partial charge >= 0.3 is 5.97 Å². The molecule has 5 heteroatoms. The van der Waals surface area contributed by atoms with Gasteiger partial charge in [0, 0.05) is 5.56 Å². The second kappa shape index (κ2) is 4.80. The number of benzene rings is 1. The third kappa shape index (κ3) is 1.96. The van der Waals surface area contributed by atoms with Gasteiger partial charge in [0.15, 0.2) is 0 Å². The van der Waals surface area contributed by atoms with Gasteiger partial charge in [0.25, 0.3) is 0 Å². The molecular weight excluding hydrogens is 300 g/mol. The average Bonchev–Trinajstić information content (AvgIpc) is 2.79. The van der Waals surface area contributed by atoms with Crippen LogP contribution >= 0.6 is 15.9 Å². The number of carboxylic acid groups (broad SMARTS) is 1. The van der Waals surface area contributed by atoms with Gasteiger partial charge in [0.05, 0.1) is 17.0 Å². The Kier molecular flexibility index (Phi) is 3.52. The molecule has 2 rings (SSSR count). The van der Waals surface area contributed by atoms with Crippen molar-refractivity contribution < 1.29 is 19.7 Å². The number of carboxylic acids is 1. The Bertz CT molecular complexity index is 478. The smallest absolute Gasteiger partial charge is 0.314 e. The van der Waals surface area contributed by atoms with Gasteiger partial charge in [-0.3, -0.25) is 4.79 Å². The summed E-state index contributed by atoms with van der Waals surface area (Å²) in [5, 5.41) is 19.5. The minimum atomic E-state index is -0.974. The van der Waals surface area contributed by atoms with E-state index >= 15 is 0 Å². The zero-order chi connectivity index (χ0) is 13.3. The fourth-order valence-corrected chi connectivity index (χ4v) is 3.15. The summed E-state index contributed by atoms with van der Waals surface area (Å²) in [4.78, 5) is 11.6. The van der Waals surface area contributed by atoms with E-state index in [2.05, 4.69) is 15.9 Å². The maximum Gasteiger partial charge on any atom is 0.314 e. The molecule has 1 saturated carbocycles. The molecule has 0 radical (unpaired) electrons. The summed E-state index contributed by atoms with van der Waals surface area (Å²) in [6.45, 7) is 0. The van der Waals surface area contributed by atoms with Crippen LogP contribution in [0.4, 0.5) is 0 Å². The molecule has 18 heavy (non-hydrogen) atoms. The van der Waals surface area contributed by atoms with E-state index in [1.165, 1.54) is 13.2 Å². The minimum Gasteiger partial charge on any atom is -0.508 e. The van der Waals surface area contributed by atoms with Crippen LogP contribution < -0.4 is 4.74 Å². The molecule has 0 aromatic heterocycles. The predicted molar refractivity (Wildman–Crippen MR) is 70.1 cm³/mol. The zero-order valence-corrected chi connectivity index (χ0v) is 11.7. The van der Waals surface area contributed by atoms with Crippen molar-refractivity contribution in [3.8, 4) is 11.5 Å². The van der Waals surface area contributed by atoms with Crippen LogP contribution in [0.5, 0.6) is 11.5 Å². The Labute approximate surface area is 114 Å². The zero-order valence-electron chi connectivity index (χ0n) is 10.1. The van der Waals surface area contributed by atoms with E-state index in [9.17, 15) is 15.0 Å². The monoisotopic (exact) mass is 314 g/mol. The van der Waals surface area contributed by atoms with Crippen molar-refractivity contribution in [2.45, 2.75) is 31.1 Å². The van der Waals surface area contributed by atoms with Gasteiger partial charge in [-0.05, 0) is 40.9 Å². The van der Waals surface area contributed by atoms with E-state index in [0.717, 1.165) is 12.8 Å². The normalized spacial score (nSPS) is 17.7. The lowest BCUT2D eigenvalue weighted by Crippen LogP contribution is -2.32. The molecule has 0 amide bonds. The van der Waals surface area contributed by atoms with Gasteiger partial charge in [0.1, 0.15) is 11.5 Å². The number of methoxy groups -OCH3 is 1. The molecule has 2 N–H and O–H groups in total. The van der Waals surface area contributed by atoms with E-state index < -0.39 is 11.4 Å². The number of rotatable bonds is 3. The van der Waals surface area contributed by atoms with Crippen molar-refractivity contribution in [2.24, 2.45) is 0 Å². The number of carbonyl (C=O) groups is 1. The summed E-state index contributed by atoms with van der Waals surface area (Å²) in [5.74, 6) is -0.332. The highest BCUT2D eigenvalue weighted by Gasteiger charge is 2.45. The van der Waals surface area contributed by atoms with Crippen molar-refractivity contribution in [2.75, 3.05) is 7.11 Å². The van der Waals surface area contributed by atoms with Gasteiger partial charge in [0.2, 0.25) is 0 Å². The van der Waals surface area contributed by atoms with Crippen LogP contribution in [0.15, 0.2) is 16.6 Å². The quantitative estimate of drug-likeness (QED) is 0.899. The van der Waals surface area contributed by atoms with Gasteiger partial charge in [-0.25, -0.2) is 0 Å². The van der Waals surface area contributed by atoms with Crippen molar-refractivity contribution >= 4 is 21.9 Å². The summed E-state index contributed by atoms with van der Waals surface area (Å²) in [6, 6.07) is 3.12. The standard InChI is InChI=1S/C13H15BrO4/c1-18-11-6-8(10(15)7-9(11)14)13(12(16)17)4-2-3-5-13/h6-7,15H,2-5H2,1H3,(H,16,17). The Balaban J connectivity index is 2.58.